The highest BCUT2D eigenvalue weighted by molar-refractivity contribution is 6.60. The molecule has 0 spiro atoms. The van der Waals surface area contributed by atoms with Gasteiger partial charge in [0.25, 0.3) is 0 Å². The maximum absolute atomic E-state index is 10.6. The van der Waals surface area contributed by atoms with Crippen molar-refractivity contribution in [3.63, 3.8) is 0 Å². The quantitative estimate of drug-likeness (QED) is 0.216. The molecule has 0 saturated carbocycles. The number of rotatable bonds is 15. The fourth-order valence-electron chi connectivity index (χ4n) is 3.74. The Morgan fingerprint density at radius 2 is 1.52 bits per heavy atom. The van der Waals surface area contributed by atoms with Crippen LogP contribution in [0.15, 0.2) is 48.5 Å². The van der Waals surface area contributed by atoms with E-state index in [0.717, 1.165) is 59.4 Å². The van der Waals surface area contributed by atoms with Crippen LogP contribution in [-0.4, -0.2) is 41.7 Å². The first-order valence-electron chi connectivity index (χ1n) is 11.5. The average Bonchev–Trinajstić information content (AvgIpc) is 2.81. The second kappa shape index (κ2) is 13.9. The minimum absolute atomic E-state index is 0.593. The molecule has 0 amide bonds. The minimum Gasteiger partial charge on any atom is -0.545 e. The van der Waals surface area contributed by atoms with E-state index in [1.54, 1.807) is 7.11 Å². The first kappa shape index (κ1) is 26.8. The maximum Gasteiger partial charge on any atom is 0.500 e. The summed E-state index contributed by atoms with van der Waals surface area (Å²) in [5, 5.41) is 10.6. The zero-order valence-corrected chi connectivity index (χ0v) is 21.1. The maximum atomic E-state index is 10.6. The van der Waals surface area contributed by atoms with E-state index in [1.807, 2.05) is 51.1 Å². The topological polar surface area (TPSA) is 77.1 Å². The molecule has 2 aromatic carbocycles. The first-order chi connectivity index (χ1) is 16.0. The fourth-order valence-corrected chi connectivity index (χ4v) is 6.43. The number of carbonyl (C=O) groups is 1. The normalized spacial score (nSPS) is 11.8. The van der Waals surface area contributed by atoms with Gasteiger partial charge in [0.1, 0.15) is 5.75 Å². The number of aryl methyl sites for hydroxylation is 1. The molecule has 7 heteroatoms. The van der Waals surface area contributed by atoms with E-state index in [4.69, 9.17) is 18.0 Å². The molecule has 0 N–H and O–H groups in total. The summed E-state index contributed by atoms with van der Waals surface area (Å²) in [4.78, 5) is 10.6. The molecule has 0 radical (unpaired) electrons. The van der Waals surface area contributed by atoms with Gasteiger partial charge in [0, 0.05) is 25.9 Å². The van der Waals surface area contributed by atoms with Crippen LogP contribution in [0.3, 0.4) is 0 Å². The van der Waals surface area contributed by atoms with Crippen LogP contribution in [0.1, 0.15) is 44.7 Å². The third kappa shape index (κ3) is 8.44. The number of carboxylic acids is 1. The van der Waals surface area contributed by atoms with E-state index in [1.165, 1.54) is 6.08 Å². The van der Waals surface area contributed by atoms with E-state index in [0.29, 0.717) is 19.8 Å². The summed E-state index contributed by atoms with van der Waals surface area (Å²) in [5.41, 5.74) is 4.04. The van der Waals surface area contributed by atoms with Gasteiger partial charge in [0.2, 0.25) is 0 Å². The molecule has 2 aromatic rings. The van der Waals surface area contributed by atoms with Crippen LogP contribution in [0.2, 0.25) is 6.04 Å². The number of ether oxygens (including phenoxy) is 1. The Labute approximate surface area is 198 Å². The van der Waals surface area contributed by atoms with Crippen LogP contribution in [0.5, 0.6) is 5.75 Å². The number of benzene rings is 2. The molecule has 180 valence electrons. The van der Waals surface area contributed by atoms with Gasteiger partial charge in [-0.1, -0.05) is 42.5 Å². The van der Waals surface area contributed by atoms with Crippen molar-refractivity contribution in [2.45, 2.75) is 46.1 Å². The summed E-state index contributed by atoms with van der Waals surface area (Å²) in [6.45, 7) is 7.71. The van der Waals surface area contributed by atoms with Gasteiger partial charge in [-0.05, 0) is 74.4 Å². The van der Waals surface area contributed by atoms with Gasteiger partial charge in [-0.25, -0.2) is 0 Å². The lowest BCUT2D eigenvalue weighted by molar-refractivity contribution is -0.297. The van der Waals surface area contributed by atoms with Crippen LogP contribution in [-0.2, 0) is 24.5 Å². The molecule has 0 aliphatic heterocycles. The molecular formula is C26H35O6Si-. The summed E-state index contributed by atoms with van der Waals surface area (Å²) in [6.07, 6.45) is 5.37. The Morgan fingerprint density at radius 3 is 2.06 bits per heavy atom. The predicted molar refractivity (Wildman–Crippen MR) is 131 cm³/mol. The lowest BCUT2D eigenvalue weighted by atomic mass is 9.99. The van der Waals surface area contributed by atoms with Gasteiger partial charge >= 0.3 is 8.80 Å². The zero-order valence-electron chi connectivity index (χ0n) is 20.1. The molecule has 0 saturated heterocycles. The van der Waals surface area contributed by atoms with Crippen molar-refractivity contribution in [3.8, 4) is 16.9 Å². The van der Waals surface area contributed by atoms with Crippen molar-refractivity contribution in [1.82, 2.24) is 0 Å². The van der Waals surface area contributed by atoms with Gasteiger partial charge in [0.15, 0.2) is 0 Å². The molecule has 0 atom stereocenters. The minimum atomic E-state index is -2.60. The van der Waals surface area contributed by atoms with Crippen molar-refractivity contribution in [3.05, 3.63) is 59.7 Å². The number of carboxylic acid groups (broad SMARTS) is 1. The van der Waals surface area contributed by atoms with Gasteiger partial charge < -0.3 is 27.9 Å². The van der Waals surface area contributed by atoms with Gasteiger partial charge in [-0.3, -0.25) is 0 Å². The molecule has 0 bridgehead atoms. The standard InChI is InChI=1S/C26H36O6Si/c1-5-30-33(31-6-2,32-7-3)19-9-8-10-23-16-17-24(20-25(23)29-4)22-14-11-21(12-15-22)13-18-26(27)28/h11-18,20H,5-10,19H2,1-4H3,(H,27,28)/p-1/b18-13+. The summed E-state index contributed by atoms with van der Waals surface area (Å²) < 4.78 is 23.5. The van der Waals surface area contributed by atoms with Crippen LogP contribution < -0.4 is 9.84 Å². The Morgan fingerprint density at radius 1 is 0.909 bits per heavy atom. The van der Waals surface area contributed by atoms with Crippen molar-refractivity contribution >= 4 is 20.8 Å². The van der Waals surface area contributed by atoms with Crippen LogP contribution in [0.25, 0.3) is 17.2 Å². The van der Waals surface area contributed by atoms with Crippen LogP contribution in [0, 0.1) is 0 Å². The lowest BCUT2D eigenvalue weighted by Gasteiger charge is -2.28. The summed E-state index contributed by atoms with van der Waals surface area (Å²) in [5.74, 6) is -0.350. The van der Waals surface area contributed by atoms with Gasteiger partial charge in [0.05, 0.1) is 13.1 Å². The summed E-state index contributed by atoms with van der Waals surface area (Å²) in [7, 11) is -0.910. The number of hydrogen-bond acceptors (Lipinski definition) is 6. The zero-order chi connectivity index (χ0) is 24.1. The third-order valence-electron chi connectivity index (χ3n) is 5.21. The number of methoxy groups -OCH3 is 1. The van der Waals surface area contributed by atoms with Crippen molar-refractivity contribution in [1.29, 1.82) is 0 Å². The molecular weight excluding hydrogens is 436 g/mol. The largest absolute Gasteiger partial charge is 0.545 e. The molecule has 0 heterocycles. The van der Waals surface area contributed by atoms with E-state index >= 15 is 0 Å². The second-order valence-electron chi connectivity index (χ2n) is 7.49. The second-order valence-corrected chi connectivity index (χ2v) is 10.2. The highest BCUT2D eigenvalue weighted by Gasteiger charge is 2.39. The molecule has 0 unspecified atom stereocenters. The molecule has 0 aromatic heterocycles. The number of carbonyl (C=O) groups excluding carboxylic acids is 1. The molecule has 33 heavy (non-hydrogen) atoms. The smallest absolute Gasteiger partial charge is 0.500 e. The van der Waals surface area contributed by atoms with Crippen LogP contribution >= 0.6 is 0 Å². The fraction of sp³-hybridized carbons (Fsp3) is 0.423. The monoisotopic (exact) mass is 471 g/mol. The Balaban J connectivity index is 2.02. The Hall–Kier alpha value is -2.45. The third-order valence-corrected chi connectivity index (χ3v) is 8.37. The highest BCUT2D eigenvalue weighted by atomic mass is 28.4. The predicted octanol–water partition coefficient (Wildman–Crippen LogP) is 4.50. The number of unbranched alkanes of at least 4 members (excludes halogenated alkanes) is 1. The molecule has 0 aliphatic rings. The number of aliphatic carboxylic acids is 1. The molecule has 0 fully saturated rings. The van der Waals surface area contributed by atoms with Crippen molar-refractivity contribution in [2.75, 3.05) is 26.9 Å². The van der Waals surface area contributed by atoms with Crippen LogP contribution in [0.4, 0.5) is 0 Å². The number of hydrogen-bond donors (Lipinski definition) is 0. The van der Waals surface area contributed by atoms with Crippen molar-refractivity contribution < 1.29 is 27.9 Å². The van der Waals surface area contributed by atoms with Crippen molar-refractivity contribution in [2.24, 2.45) is 0 Å². The first-order valence-corrected chi connectivity index (χ1v) is 13.5. The Bertz CT molecular complexity index is 877. The average molecular weight is 472 g/mol. The van der Waals surface area contributed by atoms with Gasteiger partial charge in [-0.15, -0.1) is 0 Å². The van der Waals surface area contributed by atoms with E-state index in [9.17, 15) is 9.90 Å². The molecule has 6 nitrogen and oxygen atoms in total. The summed E-state index contributed by atoms with van der Waals surface area (Å²) in [6, 6.07) is 14.7. The van der Waals surface area contributed by atoms with E-state index in [2.05, 4.69) is 12.1 Å². The highest BCUT2D eigenvalue weighted by Crippen LogP contribution is 2.29. The molecule has 2 rings (SSSR count). The van der Waals surface area contributed by atoms with E-state index < -0.39 is 14.8 Å². The van der Waals surface area contributed by atoms with Gasteiger partial charge in [-0.2, -0.15) is 0 Å². The lowest BCUT2D eigenvalue weighted by Crippen LogP contribution is -2.45. The summed E-state index contributed by atoms with van der Waals surface area (Å²) >= 11 is 0. The SMILES string of the molecule is CCO[Si](CCCCc1ccc(-c2ccc(/C=C/C(=O)[O-])cc2)cc1OC)(OCC)OCC. The Kier molecular flexibility index (Phi) is 11.3. The molecule has 0 aliphatic carbocycles. The van der Waals surface area contributed by atoms with E-state index in [-0.39, 0.29) is 0 Å².